The van der Waals surface area contributed by atoms with Gasteiger partial charge in [-0.25, -0.2) is 9.79 Å². The lowest BCUT2D eigenvalue weighted by molar-refractivity contribution is -0.385. The first-order valence-corrected chi connectivity index (χ1v) is 13.1. The van der Waals surface area contributed by atoms with Crippen LogP contribution in [0, 0.1) is 17.0 Å². The number of halogens is 2. The van der Waals surface area contributed by atoms with Gasteiger partial charge in [-0.05, 0) is 82.0 Å². The van der Waals surface area contributed by atoms with E-state index in [0.29, 0.717) is 40.7 Å². The van der Waals surface area contributed by atoms with Gasteiger partial charge >= 0.3 is 5.97 Å². The molecule has 0 saturated carbocycles. The fourth-order valence-corrected chi connectivity index (χ4v) is 6.19. The number of fused-ring (bicyclic) bond motifs is 1. The van der Waals surface area contributed by atoms with Crippen LogP contribution in [0.2, 0.25) is 0 Å². The monoisotopic (exact) mass is 635 g/mol. The number of rotatable bonds is 5. The molecule has 1 aliphatic rings. The van der Waals surface area contributed by atoms with E-state index >= 15 is 0 Å². The van der Waals surface area contributed by atoms with Gasteiger partial charge in [-0.1, -0.05) is 23.5 Å². The number of allylic oxidation sites excluding steroid dienone is 1. The molecule has 36 heavy (non-hydrogen) atoms. The van der Waals surface area contributed by atoms with E-state index < -0.39 is 22.5 Å². The number of ether oxygens (including phenoxy) is 1. The third kappa shape index (κ3) is 4.67. The molecule has 1 N–H and O–H groups in total. The number of nitrogens with zero attached hydrogens (tertiary/aromatic N) is 3. The first kappa shape index (κ1) is 26.0. The van der Waals surface area contributed by atoms with E-state index in [1.54, 1.807) is 51.1 Å². The van der Waals surface area contributed by atoms with Gasteiger partial charge < -0.3 is 9.84 Å². The predicted octanol–water partition coefficient (Wildman–Crippen LogP) is 4.25. The zero-order valence-corrected chi connectivity index (χ0v) is 23.2. The average Bonchev–Trinajstić information content (AvgIpc) is 3.11. The number of aryl methyl sites for hydroxylation is 1. The fraction of sp³-hybridized carbons (Fsp3) is 0.208. The largest absolute Gasteiger partial charge is 0.506 e. The summed E-state index contributed by atoms with van der Waals surface area (Å²) >= 11 is 7.70. The Hall–Kier alpha value is -3.09. The first-order chi connectivity index (χ1) is 17.0. The maximum atomic E-state index is 13.7. The van der Waals surface area contributed by atoms with Crippen LogP contribution in [0.4, 0.5) is 5.69 Å². The molecule has 3 aromatic rings. The zero-order chi connectivity index (χ0) is 26.3. The Kier molecular flexibility index (Phi) is 7.30. The van der Waals surface area contributed by atoms with Crippen LogP contribution >= 0.6 is 43.2 Å². The summed E-state index contributed by atoms with van der Waals surface area (Å²) in [7, 11) is 0. The quantitative estimate of drug-likeness (QED) is 0.254. The standard InChI is InChI=1S/C24H19Br2N3O6S/c1-4-35-23(32)19-12(3)27-24-28(20(19)14-6-5-11(2)17(10-14)29(33)34)22(31)18(36-24)9-13-7-15(25)21(30)16(26)8-13/h5-10,20,30H,4H2,1-3H3/b18-9+/t20-/m1/s1. The van der Waals surface area contributed by atoms with Crippen LogP contribution in [0.5, 0.6) is 5.75 Å². The lowest BCUT2D eigenvalue weighted by atomic mass is 9.94. The maximum absolute atomic E-state index is 13.7. The molecule has 186 valence electrons. The number of aromatic hydroxyl groups is 1. The Labute approximate surface area is 225 Å². The number of hydrogen-bond acceptors (Lipinski definition) is 8. The highest BCUT2D eigenvalue weighted by atomic mass is 79.9. The van der Waals surface area contributed by atoms with E-state index in [-0.39, 0.29) is 23.6 Å². The topological polar surface area (TPSA) is 124 Å². The molecule has 1 aromatic heterocycles. The summed E-state index contributed by atoms with van der Waals surface area (Å²) in [6.07, 6.45) is 1.65. The minimum atomic E-state index is -0.958. The summed E-state index contributed by atoms with van der Waals surface area (Å²) in [6, 6.07) is 7.00. The molecular weight excluding hydrogens is 618 g/mol. The van der Waals surface area contributed by atoms with E-state index in [4.69, 9.17) is 4.74 Å². The van der Waals surface area contributed by atoms with Crippen LogP contribution < -0.4 is 14.9 Å². The lowest BCUT2D eigenvalue weighted by Crippen LogP contribution is -2.40. The third-order valence-corrected chi connectivity index (χ3v) is 7.79. The summed E-state index contributed by atoms with van der Waals surface area (Å²) in [5.74, 6) is -0.614. The van der Waals surface area contributed by atoms with Crippen molar-refractivity contribution < 1.29 is 19.6 Å². The number of aromatic nitrogens is 1. The number of esters is 1. The number of thiazole rings is 1. The van der Waals surface area contributed by atoms with Gasteiger partial charge in [0.25, 0.3) is 11.2 Å². The lowest BCUT2D eigenvalue weighted by Gasteiger charge is -2.24. The molecule has 0 unspecified atom stereocenters. The second-order valence-corrected chi connectivity index (χ2v) is 10.7. The van der Waals surface area contributed by atoms with E-state index in [2.05, 4.69) is 36.9 Å². The number of nitro groups is 1. The summed E-state index contributed by atoms with van der Waals surface area (Å²) < 4.78 is 7.85. The van der Waals surface area contributed by atoms with Crippen molar-refractivity contribution in [3.8, 4) is 5.75 Å². The van der Waals surface area contributed by atoms with Gasteiger partial charge in [-0.15, -0.1) is 0 Å². The normalized spacial score (nSPS) is 15.5. The average molecular weight is 637 g/mol. The second-order valence-electron chi connectivity index (χ2n) is 7.94. The van der Waals surface area contributed by atoms with E-state index in [9.17, 15) is 24.8 Å². The van der Waals surface area contributed by atoms with Gasteiger partial charge in [0.05, 0.1) is 42.3 Å². The van der Waals surface area contributed by atoms with Gasteiger partial charge in [0, 0.05) is 11.6 Å². The SMILES string of the molecule is CCOC(=O)C1=C(C)N=c2s/c(=C/c3cc(Br)c(O)c(Br)c3)c(=O)n2[C@@H]1c1ccc(C)c([N+](=O)[O-])c1. The Morgan fingerprint density at radius 1 is 1.28 bits per heavy atom. The van der Waals surface area contributed by atoms with Crippen LogP contribution in [-0.2, 0) is 9.53 Å². The predicted molar refractivity (Wildman–Crippen MR) is 142 cm³/mol. The van der Waals surface area contributed by atoms with E-state index in [0.717, 1.165) is 11.3 Å². The molecule has 2 aromatic carbocycles. The number of benzene rings is 2. The van der Waals surface area contributed by atoms with Gasteiger partial charge in [0.15, 0.2) is 4.80 Å². The smallest absolute Gasteiger partial charge is 0.338 e. The molecule has 0 aliphatic carbocycles. The number of carbonyl (C=O) groups is 1. The Balaban J connectivity index is 2.00. The molecule has 0 radical (unpaired) electrons. The van der Waals surface area contributed by atoms with Crippen molar-refractivity contribution in [1.29, 1.82) is 0 Å². The van der Waals surface area contributed by atoms with Gasteiger partial charge in [-0.2, -0.15) is 0 Å². The number of hydrogen-bond donors (Lipinski definition) is 1. The van der Waals surface area contributed by atoms with Crippen LogP contribution in [0.3, 0.4) is 0 Å². The van der Waals surface area contributed by atoms with Crippen LogP contribution in [0.1, 0.15) is 36.6 Å². The first-order valence-electron chi connectivity index (χ1n) is 10.7. The molecule has 2 heterocycles. The van der Waals surface area contributed by atoms with Gasteiger partial charge in [0.2, 0.25) is 0 Å². The molecule has 0 spiro atoms. The zero-order valence-electron chi connectivity index (χ0n) is 19.2. The van der Waals surface area contributed by atoms with Crippen LogP contribution in [0.15, 0.2) is 60.3 Å². The van der Waals surface area contributed by atoms with Crippen molar-refractivity contribution in [3.63, 3.8) is 0 Å². The fourth-order valence-electron chi connectivity index (χ4n) is 3.92. The van der Waals surface area contributed by atoms with Crippen molar-refractivity contribution in [2.45, 2.75) is 26.8 Å². The van der Waals surface area contributed by atoms with Crippen molar-refractivity contribution in [2.75, 3.05) is 6.61 Å². The molecule has 0 fully saturated rings. The summed E-state index contributed by atoms with van der Waals surface area (Å²) in [6.45, 7) is 5.05. The highest BCUT2D eigenvalue weighted by Gasteiger charge is 2.34. The molecule has 9 nitrogen and oxygen atoms in total. The van der Waals surface area contributed by atoms with Crippen molar-refractivity contribution in [3.05, 3.63) is 97.0 Å². The molecule has 0 amide bonds. The minimum Gasteiger partial charge on any atom is -0.506 e. The Morgan fingerprint density at radius 3 is 2.56 bits per heavy atom. The summed E-state index contributed by atoms with van der Waals surface area (Å²) in [5, 5.41) is 21.6. The number of carbonyl (C=O) groups excluding carboxylic acids is 1. The molecule has 1 aliphatic heterocycles. The molecule has 12 heteroatoms. The molecule has 4 rings (SSSR count). The molecule has 0 bridgehead atoms. The summed E-state index contributed by atoms with van der Waals surface area (Å²) in [4.78, 5) is 42.6. The minimum absolute atomic E-state index is 0.0317. The van der Waals surface area contributed by atoms with Gasteiger partial charge in [-0.3, -0.25) is 19.5 Å². The van der Waals surface area contributed by atoms with Crippen LogP contribution in [-0.4, -0.2) is 27.2 Å². The van der Waals surface area contributed by atoms with Gasteiger partial charge in [0.1, 0.15) is 5.75 Å². The van der Waals surface area contributed by atoms with Crippen molar-refractivity contribution in [2.24, 2.45) is 4.99 Å². The molecule has 0 saturated heterocycles. The summed E-state index contributed by atoms with van der Waals surface area (Å²) in [5.41, 5.74) is 1.47. The van der Waals surface area contributed by atoms with Crippen LogP contribution in [0.25, 0.3) is 6.08 Å². The van der Waals surface area contributed by atoms with Crippen molar-refractivity contribution >= 4 is 60.9 Å². The third-order valence-electron chi connectivity index (χ3n) is 5.60. The van der Waals surface area contributed by atoms with Crippen molar-refractivity contribution in [1.82, 2.24) is 4.57 Å². The number of phenols is 1. The highest BCUT2D eigenvalue weighted by molar-refractivity contribution is 9.11. The van der Waals surface area contributed by atoms with E-state index in [1.807, 2.05) is 0 Å². The molecular formula is C24H19Br2N3O6S. The second kappa shape index (κ2) is 10.1. The Bertz CT molecular complexity index is 1620. The number of nitro benzene ring substituents is 1. The molecule has 1 atom stereocenters. The van der Waals surface area contributed by atoms with E-state index in [1.165, 1.54) is 10.6 Å². The maximum Gasteiger partial charge on any atom is 0.338 e. The number of phenolic OH excluding ortho intramolecular Hbond substituents is 1. The highest BCUT2D eigenvalue weighted by Crippen LogP contribution is 2.34. The Morgan fingerprint density at radius 2 is 1.94 bits per heavy atom.